The molecule has 7 heteroatoms. The van der Waals surface area contributed by atoms with Crippen LogP contribution >= 0.6 is 0 Å². The second kappa shape index (κ2) is 8.19. The van der Waals surface area contributed by atoms with Crippen LogP contribution in [0, 0.1) is 5.82 Å². The average Bonchev–Trinajstić information content (AvgIpc) is 2.62. The van der Waals surface area contributed by atoms with E-state index in [2.05, 4.69) is 11.4 Å². The molecule has 0 aromatic heterocycles. The van der Waals surface area contributed by atoms with Crippen molar-refractivity contribution in [3.05, 3.63) is 71.0 Å². The maximum atomic E-state index is 13.9. The predicted molar refractivity (Wildman–Crippen MR) is 102 cm³/mol. The largest absolute Gasteiger partial charge is 0.348 e. The SMILES string of the molecule is CS(=O)(=O)N(CC(=O)NC1CCCc2ccccc21)Cc1ccccc1F. The topological polar surface area (TPSA) is 66.5 Å². The van der Waals surface area contributed by atoms with Gasteiger partial charge in [-0.2, -0.15) is 4.31 Å². The van der Waals surface area contributed by atoms with Gasteiger partial charge in [0.2, 0.25) is 15.9 Å². The van der Waals surface area contributed by atoms with E-state index in [4.69, 9.17) is 0 Å². The maximum Gasteiger partial charge on any atom is 0.235 e. The Hall–Kier alpha value is -2.25. The molecule has 1 N–H and O–H groups in total. The molecule has 2 aromatic rings. The Morgan fingerprint density at radius 2 is 1.89 bits per heavy atom. The van der Waals surface area contributed by atoms with Crippen molar-refractivity contribution in [3.63, 3.8) is 0 Å². The number of nitrogens with one attached hydrogen (secondary N) is 1. The molecule has 0 saturated carbocycles. The lowest BCUT2D eigenvalue weighted by atomic mass is 9.88. The van der Waals surface area contributed by atoms with Gasteiger partial charge >= 0.3 is 0 Å². The molecule has 3 rings (SSSR count). The number of amides is 1. The normalized spacial score (nSPS) is 16.8. The number of carbonyl (C=O) groups excluding carboxylic acids is 1. The number of fused-ring (bicyclic) bond motifs is 1. The molecule has 0 heterocycles. The summed E-state index contributed by atoms with van der Waals surface area (Å²) in [4.78, 5) is 12.5. The second-order valence-corrected chi connectivity index (χ2v) is 8.82. The van der Waals surface area contributed by atoms with Gasteiger partial charge in [0.1, 0.15) is 5.82 Å². The van der Waals surface area contributed by atoms with Crippen LogP contribution in [0.3, 0.4) is 0 Å². The molecule has 27 heavy (non-hydrogen) atoms. The van der Waals surface area contributed by atoms with Crippen LogP contribution in [-0.2, 0) is 27.8 Å². The van der Waals surface area contributed by atoms with Crippen LogP contribution in [0.4, 0.5) is 4.39 Å². The van der Waals surface area contributed by atoms with E-state index >= 15 is 0 Å². The Labute approximate surface area is 159 Å². The monoisotopic (exact) mass is 390 g/mol. The third-order valence-corrected chi connectivity index (χ3v) is 5.99. The summed E-state index contributed by atoms with van der Waals surface area (Å²) >= 11 is 0. The fourth-order valence-electron chi connectivity index (χ4n) is 3.41. The summed E-state index contributed by atoms with van der Waals surface area (Å²) in [5.41, 5.74) is 2.52. The standard InChI is InChI=1S/C20H23FN2O3S/c1-27(25,26)23(13-16-8-3-5-11-18(16)21)14-20(24)22-19-12-6-9-15-7-2-4-10-17(15)19/h2-5,7-8,10-11,19H,6,9,12-14H2,1H3,(H,22,24). The van der Waals surface area contributed by atoms with Crippen molar-refractivity contribution in [2.45, 2.75) is 31.8 Å². The predicted octanol–water partition coefficient (Wildman–Crippen LogP) is 2.78. The molecule has 0 aliphatic heterocycles. The van der Waals surface area contributed by atoms with Crippen LogP contribution in [0.1, 0.15) is 35.6 Å². The molecule has 1 aliphatic carbocycles. The lowest BCUT2D eigenvalue weighted by Gasteiger charge is -2.27. The van der Waals surface area contributed by atoms with Crippen molar-refractivity contribution in [2.24, 2.45) is 0 Å². The fraction of sp³-hybridized carbons (Fsp3) is 0.350. The van der Waals surface area contributed by atoms with Gasteiger partial charge in [-0.1, -0.05) is 42.5 Å². The molecule has 144 valence electrons. The summed E-state index contributed by atoms with van der Waals surface area (Å²) in [6, 6.07) is 13.8. The number of rotatable bonds is 6. The molecule has 1 amide bonds. The zero-order valence-electron chi connectivity index (χ0n) is 15.2. The molecule has 1 unspecified atom stereocenters. The third kappa shape index (κ3) is 4.93. The van der Waals surface area contributed by atoms with Gasteiger partial charge in [0.15, 0.2) is 0 Å². The van der Waals surface area contributed by atoms with Crippen molar-refractivity contribution in [2.75, 3.05) is 12.8 Å². The lowest BCUT2D eigenvalue weighted by Crippen LogP contribution is -2.41. The molecule has 0 bridgehead atoms. The molecular formula is C20H23FN2O3S. The lowest BCUT2D eigenvalue weighted by molar-refractivity contribution is -0.122. The quantitative estimate of drug-likeness (QED) is 0.825. The van der Waals surface area contributed by atoms with Crippen LogP contribution in [0.2, 0.25) is 0 Å². The van der Waals surface area contributed by atoms with Crippen LogP contribution < -0.4 is 5.32 Å². The Morgan fingerprint density at radius 1 is 1.19 bits per heavy atom. The number of hydrogen-bond donors (Lipinski definition) is 1. The summed E-state index contributed by atoms with van der Waals surface area (Å²) in [5, 5.41) is 2.94. The van der Waals surface area contributed by atoms with E-state index in [-0.39, 0.29) is 24.7 Å². The molecular weight excluding hydrogens is 367 g/mol. The third-order valence-electron chi connectivity index (χ3n) is 4.80. The van der Waals surface area contributed by atoms with E-state index in [0.29, 0.717) is 0 Å². The van der Waals surface area contributed by atoms with Crippen molar-refractivity contribution in [1.29, 1.82) is 0 Å². The number of nitrogens with zero attached hydrogens (tertiary/aromatic N) is 1. The van der Waals surface area contributed by atoms with Gasteiger partial charge in [-0.05, 0) is 36.5 Å². The molecule has 0 saturated heterocycles. The minimum atomic E-state index is -3.67. The minimum Gasteiger partial charge on any atom is -0.348 e. The summed E-state index contributed by atoms with van der Waals surface area (Å²) in [6.45, 7) is -0.522. The van der Waals surface area contributed by atoms with E-state index in [1.807, 2.05) is 18.2 Å². The van der Waals surface area contributed by atoms with Gasteiger partial charge < -0.3 is 5.32 Å². The van der Waals surface area contributed by atoms with Crippen LogP contribution in [0.15, 0.2) is 48.5 Å². The first kappa shape index (κ1) is 19.5. The summed E-state index contributed by atoms with van der Waals surface area (Å²) in [5.74, 6) is -0.883. The highest BCUT2D eigenvalue weighted by atomic mass is 32.2. The van der Waals surface area contributed by atoms with E-state index in [1.54, 1.807) is 6.07 Å². The van der Waals surface area contributed by atoms with E-state index in [1.165, 1.54) is 23.8 Å². The van der Waals surface area contributed by atoms with Gasteiger partial charge in [0.25, 0.3) is 0 Å². The van der Waals surface area contributed by atoms with Crippen molar-refractivity contribution >= 4 is 15.9 Å². The molecule has 1 atom stereocenters. The van der Waals surface area contributed by atoms with Crippen LogP contribution in [-0.4, -0.2) is 31.4 Å². The number of aryl methyl sites for hydroxylation is 1. The molecule has 2 aromatic carbocycles. The van der Waals surface area contributed by atoms with Crippen LogP contribution in [0.25, 0.3) is 0 Å². The first-order valence-corrected chi connectivity index (χ1v) is 10.7. The Kier molecular flexibility index (Phi) is 5.92. The van der Waals surface area contributed by atoms with Gasteiger partial charge in [-0.15, -0.1) is 0 Å². The van der Waals surface area contributed by atoms with E-state index < -0.39 is 21.7 Å². The van der Waals surface area contributed by atoms with Gasteiger partial charge in [-0.25, -0.2) is 12.8 Å². The molecule has 0 radical (unpaired) electrons. The zero-order valence-corrected chi connectivity index (χ0v) is 16.0. The highest BCUT2D eigenvalue weighted by molar-refractivity contribution is 7.88. The summed E-state index contributed by atoms with van der Waals surface area (Å²) in [7, 11) is -3.67. The Bertz CT molecular complexity index is 930. The first-order chi connectivity index (χ1) is 12.8. The van der Waals surface area contributed by atoms with Crippen molar-refractivity contribution in [1.82, 2.24) is 9.62 Å². The van der Waals surface area contributed by atoms with Crippen molar-refractivity contribution in [3.8, 4) is 0 Å². The van der Waals surface area contributed by atoms with Gasteiger partial charge in [-0.3, -0.25) is 4.79 Å². The number of hydrogen-bond acceptors (Lipinski definition) is 3. The summed E-state index contributed by atoms with van der Waals surface area (Å²) in [6.07, 6.45) is 3.78. The smallest absolute Gasteiger partial charge is 0.235 e. The fourth-order valence-corrected chi connectivity index (χ4v) is 4.14. The van der Waals surface area contributed by atoms with E-state index in [9.17, 15) is 17.6 Å². The van der Waals surface area contributed by atoms with E-state index in [0.717, 1.165) is 35.4 Å². The number of sulfonamides is 1. The Balaban J connectivity index is 1.72. The highest BCUT2D eigenvalue weighted by Gasteiger charge is 2.25. The first-order valence-electron chi connectivity index (χ1n) is 8.90. The van der Waals surface area contributed by atoms with Gasteiger partial charge in [0.05, 0.1) is 18.8 Å². The average molecular weight is 390 g/mol. The molecule has 1 aliphatic rings. The summed E-state index contributed by atoms with van der Waals surface area (Å²) < 4.78 is 39.1. The molecule has 0 fully saturated rings. The number of halogens is 1. The molecule has 5 nitrogen and oxygen atoms in total. The number of benzene rings is 2. The molecule has 0 spiro atoms. The minimum absolute atomic E-state index is 0.127. The van der Waals surface area contributed by atoms with Crippen LogP contribution in [0.5, 0.6) is 0 Å². The number of carbonyl (C=O) groups is 1. The zero-order chi connectivity index (χ0) is 19.4. The van der Waals surface area contributed by atoms with Crippen molar-refractivity contribution < 1.29 is 17.6 Å². The second-order valence-electron chi connectivity index (χ2n) is 6.83. The van der Waals surface area contributed by atoms with Gasteiger partial charge in [0, 0.05) is 12.1 Å². The Morgan fingerprint density at radius 3 is 2.63 bits per heavy atom. The maximum absolute atomic E-state index is 13.9. The highest BCUT2D eigenvalue weighted by Crippen LogP contribution is 2.29.